The number of halogens is 1. The van der Waals surface area contributed by atoms with Crippen molar-refractivity contribution in [3.8, 4) is 0 Å². The zero-order valence-electron chi connectivity index (χ0n) is 15.4. The third kappa shape index (κ3) is 3.41. The van der Waals surface area contributed by atoms with Gasteiger partial charge in [-0.3, -0.25) is 9.59 Å². The summed E-state index contributed by atoms with van der Waals surface area (Å²) in [6.45, 7) is 4.17. The first-order valence-electron chi connectivity index (χ1n) is 9.15. The highest BCUT2D eigenvalue weighted by molar-refractivity contribution is 6.33. The van der Waals surface area contributed by atoms with E-state index in [1.165, 1.54) is 0 Å². The van der Waals surface area contributed by atoms with E-state index in [4.69, 9.17) is 11.6 Å². The molecule has 0 spiro atoms. The number of nitrogens with zero attached hydrogens (tertiary/aromatic N) is 4. The molecule has 0 N–H and O–H groups in total. The topological polar surface area (TPSA) is 66.4 Å². The number of hydrogen-bond acceptors (Lipinski definition) is 4. The van der Waals surface area contributed by atoms with Gasteiger partial charge in [0.2, 0.25) is 5.91 Å². The van der Waals surface area contributed by atoms with Crippen molar-refractivity contribution >= 4 is 29.1 Å². The van der Waals surface area contributed by atoms with Crippen LogP contribution in [0.4, 0.5) is 5.69 Å². The van der Waals surface area contributed by atoms with Crippen LogP contribution >= 0.6 is 11.6 Å². The summed E-state index contributed by atoms with van der Waals surface area (Å²) in [7, 11) is 0. The molecule has 2 amide bonds. The number of amides is 2. The van der Waals surface area contributed by atoms with E-state index in [2.05, 4.69) is 9.97 Å². The summed E-state index contributed by atoms with van der Waals surface area (Å²) >= 11 is 6.24. The van der Waals surface area contributed by atoms with Gasteiger partial charge in [0.25, 0.3) is 5.91 Å². The highest BCUT2D eigenvalue weighted by Crippen LogP contribution is 2.38. The fraction of sp³-hybridized carbons (Fsp3) is 0.400. The van der Waals surface area contributed by atoms with Crippen LogP contribution in [0.3, 0.4) is 0 Å². The van der Waals surface area contributed by atoms with Crippen molar-refractivity contribution in [1.82, 2.24) is 14.9 Å². The van der Waals surface area contributed by atoms with Crippen LogP contribution in [0.1, 0.15) is 47.6 Å². The number of carbonyl (C=O) groups is 2. The first-order chi connectivity index (χ1) is 13.0. The van der Waals surface area contributed by atoms with E-state index >= 15 is 0 Å². The zero-order valence-corrected chi connectivity index (χ0v) is 16.1. The lowest BCUT2D eigenvalue weighted by molar-refractivity contribution is -0.121. The first kappa shape index (κ1) is 17.9. The molecule has 2 aromatic rings. The number of rotatable bonds is 3. The molecule has 4 rings (SSSR count). The predicted octanol–water partition coefficient (Wildman–Crippen LogP) is 3.19. The van der Waals surface area contributed by atoms with E-state index in [0.29, 0.717) is 34.4 Å². The molecule has 0 bridgehead atoms. The Morgan fingerprint density at radius 3 is 2.67 bits per heavy atom. The maximum Gasteiger partial charge on any atom is 0.258 e. The second-order valence-corrected chi connectivity index (χ2v) is 7.65. The molecule has 140 valence electrons. The second-order valence-electron chi connectivity index (χ2n) is 7.24. The van der Waals surface area contributed by atoms with Gasteiger partial charge in [0.05, 0.1) is 22.0 Å². The Bertz CT molecular complexity index is 913. The molecule has 1 saturated heterocycles. The van der Waals surface area contributed by atoms with Gasteiger partial charge in [-0.05, 0) is 38.8 Å². The molecule has 2 aliphatic rings. The van der Waals surface area contributed by atoms with Gasteiger partial charge in [-0.1, -0.05) is 23.7 Å². The van der Waals surface area contributed by atoms with Crippen LogP contribution in [0.25, 0.3) is 0 Å². The van der Waals surface area contributed by atoms with Crippen LogP contribution in [0.15, 0.2) is 30.5 Å². The summed E-state index contributed by atoms with van der Waals surface area (Å²) in [5, 5.41) is 0.526. The number of benzene rings is 1. The third-order valence-corrected chi connectivity index (χ3v) is 5.48. The maximum atomic E-state index is 13.0. The van der Waals surface area contributed by atoms with Gasteiger partial charge in [0.15, 0.2) is 0 Å². The summed E-state index contributed by atoms with van der Waals surface area (Å²) in [4.78, 5) is 37.9. The average Bonchev–Trinajstić information content (AvgIpc) is 3.48. The molecule has 7 heteroatoms. The highest BCUT2D eigenvalue weighted by Gasteiger charge is 2.35. The van der Waals surface area contributed by atoms with Crippen molar-refractivity contribution in [3.05, 3.63) is 52.6 Å². The van der Waals surface area contributed by atoms with Crippen molar-refractivity contribution in [2.45, 2.75) is 38.6 Å². The predicted molar refractivity (Wildman–Crippen MR) is 103 cm³/mol. The van der Waals surface area contributed by atoms with Crippen LogP contribution in [0, 0.1) is 6.92 Å². The average molecular weight is 385 g/mol. The summed E-state index contributed by atoms with van der Waals surface area (Å²) in [6, 6.07) is 7.11. The highest BCUT2D eigenvalue weighted by atomic mass is 35.5. The van der Waals surface area contributed by atoms with Gasteiger partial charge in [0, 0.05) is 24.7 Å². The summed E-state index contributed by atoms with van der Waals surface area (Å²) in [5.74, 6) is 0.904. The quantitative estimate of drug-likeness (QED) is 0.815. The largest absolute Gasteiger partial charge is 0.325 e. The SMILES string of the molecule is Cc1nc(C2CC2)ncc1C(=O)N1CC(=O)N(c2ccccc2Cl)CC1C. The Morgan fingerprint density at radius 1 is 1.26 bits per heavy atom. The lowest BCUT2D eigenvalue weighted by atomic mass is 10.1. The number of carbonyl (C=O) groups excluding carboxylic acids is 2. The van der Waals surface area contributed by atoms with Crippen LogP contribution in [-0.4, -0.2) is 45.8 Å². The molecule has 1 aromatic heterocycles. The molecule has 6 nitrogen and oxygen atoms in total. The van der Waals surface area contributed by atoms with E-state index in [1.807, 2.05) is 32.0 Å². The van der Waals surface area contributed by atoms with E-state index in [-0.39, 0.29) is 24.4 Å². The number of anilines is 1. The van der Waals surface area contributed by atoms with E-state index in [9.17, 15) is 9.59 Å². The lowest BCUT2D eigenvalue weighted by Crippen LogP contribution is -2.57. The molecule has 1 saturated carbocycles. The van der Waals surface area contributed by atoms with E-state index in [0.717, 1.165) is 18.7 Å². The molecule has 2 fully saturated rings. The van der Waals surface area contributed by atoms with Crippen LogP contribution in [-0.2, 0) is 4.79 Å². The number of piperazine rings is 1. The number of aromatic nitrogens is 2. The minimum Gasteiger partial charge on any atom is -0.325 e. The molecular weight excluding hydrogens is 364 g/mol. The molecule has 1 unspecified atom stereocenters. The molecule has 27 heavy (non-hydrogen) atoms. The van der Waals surface area contributed by atoms with Crippen molar-refractivity contribution < 1.29 is 9.59 Å². The molecular formula is C20H21ClN4O2. The van der Waals surface area contributed by atoms with Gasteiger partial charge >= 0.3 is 0 Å². The third-order valence-electron chi connectivity index (χ3n) is 5.16. The first-order valence-corrected chi connectivity index (χ1v) is 9.53. The fourth-order valence-corrected chi connectivity index (χ4v) is 3.65. The Balaban J connectivity index is 1.54. The number of aryl methyl sites for hydroxylation is 1. The van der Waals surface area contributed by atoms with Gasteiger partial charge in [-0.15, -0.1) is 0 Å². The van der Waals surface area contributed by atoms with E-state index < -0.39 is 0 Å². The molecule has 2 heterocycles. The second kappa shape index (κ2) is 6.93. The van der Waals surface area contributed by atoms with Crippen LogP contribution in [0.2, 0.25) is 5.02 Å². The molecule has 0 radical (unpaired) electrons. The monoisotopic (exact) mass is 384 g/mol. The van der Waals surface area contributed by atoms with Crippen molar-refractivity contribution in [2.75, 3.05) is 18.0 Å². The molecule has 1 aromatic carbocycles. The minimum atomic E-state index is -0.200. The Hall–Kier alpha value is -2.47. The zero-order chi connectivity index (χ0) is 19.1. The number of hydrogen-bond donors (Lipinski definition) is 0. The van der Waals surface area contributed by atoms with Crippen molar-refractivity contribution in [2.24, 2.45) is 0 Å². The number of para-hydroxylation sites is 1. The lowest BCUT2D eigenvalue weighted by Gasteiger charge is -2.39. The molecule has 1 aliphatic carbocycles. The Labute approximate surface area is 163 Å². The van der Waals surface area contributed by atoms with Crippen molar-refractivity contribution in [1.29, 1.82) is 0 Å². The van der Waals surface area contributed by atoms with Gasteiger partial charge < -0.3 is 9.80 Å². The van der Waals surface area contributed by atoms with Gasteiger partial charge in [-0.2, -0.15) is 0 Å². The summed E-state index contributed by atoms with van der Waals surface area (Å²) < 4.78 is 0. The van der Waals surface area contributed by atoms with Crippen molar-refractivity contribution in [3.63, 3.8) is 0 Å². The normalized spacial score (nSPS) is 20.1. The minimum absolute atomic E-state index is 0.00897. The Morgan fingerprint density at radius 2 is 2.00 bits per heavy atom. The smallest absolute Gasteiger partial charge is 0.258 e. The summed E-state index contributed by atoms with van der Waals surface area (Å²) in [6.07, 6.45) is 3.83. The fourth-order valence-electron chi connectivity index (χ4n) is 3.41. The molecule has 1 aliphatic heterocycles. The van der Waals surface area contributed by atoms with Gasteiger partial charge in [-0.25, -0.2) is 9.97 Å². The van der Waals surface area contributed by atoms with Crippen LogP contribution in [0.5, 0.6) is 0 Å². The van der Waals surface area contributed by atoms with Crippen LogP contribution < -0.4 is 4.90 Å². The Kier molecular flexibility index (Phi) is 4.60. The van der Waals surface area contributed by atoms with E-state index in [1.54, 1.807) is 22.1 Å². The molecule has 1 atom stereocenters. The maximum absolute atomic E-state index is 13.0. The van der Waals surface area contributed by atoms with Gasteiger partial charge in [0.1, 0.15) is 12.4 Å². The standard InChI is InChI=1S/C20H21ClN4O2/c1-12-10-25(17-6-4-3-5-16(17)21)18(26)11-24(12)20(27)15-9-22-19(14-7-8-14)23-13(15)2/h3-6,9,12,14H,7-8,10-11H2,1-2H3. The summed E-state index contributed by atoms with van der Waals surface area (Å²) in [5.41, 5.74) is 1.81.